The fourth-order valence-corrected chi connectivity index (χ4v) is 3.04. The third-order valence-corrected chi connectivity index (χ3v) is 5.39. The molecule has 1 aromatic carbocycles. The van der Waals surface area contributed by atoms with Crippen molar-refractivity contribution < 1.29 is 28.3 Å². The third kappa shape index (κ3) is 4.70. The number of carbonyl (C=O) groups excluding carboxylic acids is 1. The van der Waals surface area contributed by atoms with Crippen LogP contribution in [0, 0.1) is 0 Å². The van der Waals surface area contributed by atoms with Crippen LogP contribution < -0.4 is 10.2 Å². The maximum atomic E-state index is 11.9. The second-order valence-electron chi connectivity index (χ2n) is 9.20. The third-order valence-electron chi connectivity index (χ3n) is 5.39. The van der Waals surface area contributed by atoms with E-state index in [0.717, 1.165) is 16.6 Å². The summed E-state index contributed by atoms with van der Waals surface area (Å²) in [5.74, 6) is 0.367. The molecule has 2 rings (SSSR count). The normalized spacial score (nSPS) is 18.2. The predicted molar refractivity (Wildman–Crippen MR) is 109 cm³/mol. The summed E-state index contributed by atoms with van der Waals surface area (Å²) in [6.45, 7) is 14.4. The van der Waals surface area contributed by atoms with E-state index < -0.39 is 18.3 Å². The lowest BCUT2D eigenvalue weighted by atomic mass is 9.73. The maximum Gasteiger partial charge on any atom is 0.498 e. The molecule has 1 aliphatic rings. The second kappa shape index (κ2) is 8.05. The summed E-state index contributed by atoms with van der Waals surface area (Å²) < 4.78 is 28.5. The van der Waals surface area contributed by atoms with Crippen molar-refractivity contribution in [2.75, 3.05) is 21.0 Å². The molecule has 28 heavy (non-hydrogen) atoms. The van der Waals surface area contributed by atoms with Gasteiger partial charge in [0.2, 0.25) is 0 Å². The number of hydrogen-bond acceptors (Lipinski definition) is 6. The van der Waals surface area contributed by atoms with Crippen LogP contribution in [0.2, 0.25) is 0 Å². The zero-order valence-corrected chi connectivity index (χ0v) is 18.6. The molecule has 0 spiro atoms. The molecule has 1 aliphatic heterocycles. The highest BCUT2D eigenvalue weighted by Crippen LogP contribution is 2.39. The van der Waals surface area contributed by atoms with Crippen LogP contribution in [0.1, 0.15) is 59.6 Å². The average Bonchev–Trinajstić information content (AvgIpc) is 2.79. The van der Waals surface area contributed by atoms with E-state index in [1.54, 1.807) is 7.11 Å². The molecule has 1 saturated heterocycles. The fraction of sp³-hybridized carbons (Fsp3) is 0.667. The van der Waals surface area contributed by atoms with E-state index in [2.05, 4.69) is 20.8 Å². The number of hydrogen-bond donors (Lipinski definition) is 0. The van der Waals surface area contributed by atoms with Crippen molar-refractivity contribution in [1.82, 2.24) is 0 Å². The molecule has 156 valence electrons. The number of benzene rings is 1. The van der Waals surface area contributed by atoms with Crippen molar-refractivity contribution in [3.05, 3.63) is 23.3 Å². The van der Waals surface area contributed by atoms with Crippen molar-refractivity contribution in [1.29, 1.82) is 0 Å². The topological polar surface area (TPSA) is 63.2 Å². The minimum Gasteiger partial charge on any atom is -0.469 e. The van der Waals surface area contributed by atoms with Gasteiger partial charge in [0.25, 0.3) is 0 Å². The van der Waals surface area contributed by atoms with Crippen LogP contribution in [-0.2, 0) is 35.4 Å². The van der Waals surface area contributed by atoms with E-state index in [1.807, 2.05) is 39.8 Å². The molecule has 0 aromatic heterocycles. The number of esters is 1. The highest BCUT2D eigenvalue weighted by atomic mass is 16.7. The second-order valence-corrected chi connectivity index (χ2v) is 9.20. The van der Waals surface area contributed by atoms with Crippen LogP contribution in [0.4, 0.5) is 0 Å². The molecule has 6 nitrogen and oxygen atoms in total. The highest BCUT2D eigenvalue weighted by molar-refractivity contribution is 6.63. The Morgan fingerprint density at radius 2 is 1.64 bits per heavy atom. The van der Waals surface area contributed by atoms with Gasteiger partial charge in [0.05, 0.1) is 24.7 Å². The highest BCUT2D eigenvalue weighted by Gasteiger charge is 2.53. The first-order valence-electron chi connectivity index (χ1n) is 9.54. The van der Waals surface area contributed by atoms with E-state index in [-0.39, 0.29) is 24.6 Å². The summed E-state index contributed by atoms with van der Waals surface area (Å²) >= 11 is 0. The molecule has 0 atom stereocenters. The van der Waals surface area contributed by atoms with Crippen LogP contribution in [0.3, 0.4) is 0 Å². The molecule has 1 fully saturated rings. The van der Waals surface area contributed by atoms with Gasteiger partial charge in [0.1, 0.15) is 5.75 Å². The van der Waals surface area contributed by atoms with Crippen LogP contribution in [0.25, 0.3) is 0 Å². The quantitative estimate of drug-likeness (QED) is 0.421. The summed E-state index contributed by atoms with van der Waals surface area (Å²) in [5, 5.41) is 0. The Kier molecular flexibility index (Phi) is 6.53. The molecule has 0 unspecified atom stereocenters. The number of ether oxygens (including phenoxy) is 3. The summed E-state index contributed by atoms with van der Waals surface area (Å²) in [5.41, 5.74) is 1.32. The zero-order chi connectivity index (χ0) is 21.3. The van der Waals surface area contributed by atoms with Crippen molar-refractivity contribution in [3.8, 4) is 5.75 Å². The van der Waals surface area contributed by atoms with Gasteiger partial charge in [0, 0.05) is 12.6 Å². The Morgan fingerprint density at radius 3 is 2.11 bits per heavy atom. The standard InChI is InChI=1S/C21H33BO6/c1-19(2,3)15-10-14(12-17(23)25-9)11-16(18(15)26-13-24-8)22-27-20(4,5)21(6,7)28-22/h10-11H,12-13H2,1-9H3. The summed E-state index contributed by atoms with van der Waals surface area (Å²) in [7, 11) is 2.35. The first-order chi connectivity index (χ1) is 12.8. The Bertz CT molecular complexity index is 704. The Morgan fingerprint density at radius 1 is 1.07 bits per heavy atom. The summed E-state index contributed by atoms with van der Waals surface area (Å²) in [6, 6.07) is 3.88. The van der Waals surface area contributed by atoms with Crippen molar-refractivity contribution in [2.45, 2.75) is 71.5 Å². The number of rotatable bonds is 6. The van der Waals surface area contributed by atoms with Crippen molar-refractivity contribution >= 4 is 18.6 Å². The van der Waals surface area contributed by atoms with Crippen LogP contribution in [0.5, 0.6) is 5.75 Å². The lowest BCUT2D eigenvalue weighted by molar-refractivity contribution is -0.139. The van der Waals surface area contributed by atoms with Gasteiger partial charge in [-0.3, -0.25) is 4.79 Å². The van der Waals surface area contributed by atoms with E-state index >= 15 is 0 Å². The SMILES string of the molecule is COCOc1c(B2OC(C)(C)C(C)(C)O2)cc(CC(=O)OC)cc1C(C)(C)C. The molecule has 0 bridgehead atoms. The molecule has 0 amide bonds. The van der Waals surface area contributed by atoms with Gasteiger partial charge in [0.15, 0.2) is 6.79 Å². The summed E-state index contributed by atoms with van der Waals surface area (Å²) in [6.07, 6.45) is 0.163. The van der Waals surface area contributed by atoms with Gasteiger partial charge in [-0.2, -0.15) is 0 Å². The molecule has 1 aromatic rings. The van der Waals surface area contributed by atoms with Crippen LogP contribution >= 0.6 is 0 Å². The molecular weight excluding hydrogens is 359 g/mol. The smallest absolute Gasteiger partial charge is 0.469 e. The molecule has 0 N–H and O–H groups in total. The molecule has 0 radical (unpaired) electrons. The minimum absolute atomic E-state index is 0.103. The van der Waals surface area contributed by atoms with E-state index in [4.69, 9.17) is 23.5 Å². The predicted octanol–water partition coefficient (Wildman–Crippen LogP) is 2.98. The lowest BCUT2D eigenvalue weighted by Crippen LogP contribution is -2.41. The fourth-order valence-electron chi connectivity index (χ4n) is 3.04. The van der Waals surface area contributed by atoms with Crippen LogP contribution in [-0.4, -0.2) is 45.3 Å². The first-order valence-corrected chi connectivity index (χ1v) is 9.54. The monoisotopic (exact) mass is 392 g/mol. The average molecular weight is 392 g/mol. The van der Waals surface area contributed by atoms with Gasteiger partial charge < -0.3 is 23.5 Å². The molecule has 0 aliphatic carbocycles. The Balaban J connectivity index is 2.62. The van der Waals surface area contributed by atoms with Crippen molar-refractivity contribution in [3.63, 3.8) is 0 Å². The van der Waals surface area contributed by atoms with E-state index in [1.165, 1.54) is 7.11 Å². The maximum absolute atomic E-state index is 11.9. The number of carbonyl (C=O) groups is 1. The molecule has 7 heteroatoms. The summed E-state index contributed by atoms with van der Waals surface area (Å²) in [4.78, 5) is 11.9. The van der Waals surface area contributed by atoms with Gasteiger partial charge >= 0.3 is 13.1 Å². The van der Waals surface area contributed by atoms with Crippen molar-refractivity contribution in [2.24, 2.45) is 0 Å². The Hall–Kier alpha value is -1.57. The van der Waals surface area contributed by atoms with Gasteiger partial charge in [-0.1, -0.05) is 32.9 Å². The minimum atomic E-state index is -0.615. The number of methoxy groups -OCH3 is 2. The van der Waals surface area contributed by atoms with E-state index in [0.29, 0.717) is 5.75 Å². The van der Waals surface area contributed by atoms with Gasteiger partial charge in [-0.25, -0.2) is 0 Å². The molecule has 0 saturated carbocycles. The largest absolute Gasteiger partial charge is 0.498 e. The van der Waals surface area contributed by atoms with Crippen LogP contribution in [0.15, 0.2) is 12.1 Å². The van der Waals surface area contributed by atoms with E-state index in [9.17, 15) is 4.79 Å². The molecule has 1 heterocycles. The lowest BCUT2D eigenvalue weighted by Gasteiger charge is -2.32. The first kappa shape index (κ1) is 22.7. The Labute approximate surface area is 169 Å². The zero-order valence-electron chi connectivity index (χ0n) is 18.6. The van der Waals surface area contributed by atoms with Gasteiger partial charge in [-0.15, -0.1) is 0 Å². The molecular formula is C21H33BO6. The van der Waals surface area contributed by atoms with Gasteiger partial charge in [-0.05, 0) is 44.2 Å².